The molecule has 0 heterocycles. The number of carboxylic acids is 2. The van der Waals surface area contributed by atoms with Crippen molar-refractivity contribution in [1.29, 1.82) is 0 Å². The van der Waals surface area contributed by atoms with Gasteiger partial charge in [-0.05, 0) is 31.5 Å². The van der Waals surface area contributed by atoms with E-state index in [1.807, 2.05) is 32.0 Å². The Morgan fingerprint density at radius 3 is 2.57 bits per heavy atom. The van der Waals surface area contributed by atoms with Crippen molar-refractivity contribution in [3.05, 3.63) is 29.8 Å². The Morgan fingerprint density at radius 1 is 1.33 bits per heavy atom. The van der Waals surface area contributed by atoms with Gasteiger partial charge in [-0.1, -0.05) is 12.1 Å². The zero-order chi connectivity index (χ0) is 15.8. The van der Waals surface area contributed by atoms with Gasteiger partial charge >= 0.3 is 11.9 Å². The Morgan fingerprint density at radius 2 is 2.05 bits per heavy atom. The van der Waals surface area contributed by atoms with E-state index in [2.05, 4.69) is 11.0 Å². The van der Waals surface area contributed by atoms with E-state index in [4.69, 9.17) is 10.2 Å². The number of anilines is 1. The van der Waals surface area contributed by atoms with E-state index in [9.17, 15) is 9.59 Å². The number of nitrogens with zero attached hydrogens (tertiary/aromatic N) is 1. The predicted octanol–water partition coefficient (Wildman–Crippen LogP) is 2.48. The monoisotopic (exact) mass is 311 g/mol. The second kappa shape index (κ2) is 8.56. The summed E-state index contributed by atoms with van der Waals surface area (Å²) in [5, 5.41) is 16.8. The summed E-state index contributed by atoms with van der Waals surface area (Å²) in [5.41, 5.74) is 2.27. The van der Waals surface area contributed by atoms with E-state index in [0.717, 1.165) is 12.2 Å². The van der Waals surface area contributed by atoms with Crippen LogP contribution in [0, 0.1) is 6.92 Å². The average molecular weight is 311 g/mol. The van der Waals surface area contributed by atoms with Crippen molar-refractivity contribution in [1.82, 2.24) is 0 Å². The summed E-state index contributed by atoms with van der Waals surface area (Å²) in [6, 6.07) is 8.12. The molecule has 0 saturated heterocycles. The molecule has 0 amide bonds. The summed E-state index contributed by atoms with van der Waals surface area (Å²) >= 11 is 1.18. The van der Waals surface area contributed by atoms with Crippen LogP contribution in [0.3, 0.4) is 0 Å². The quantitative estimate of drug-likeness (QED) is 0.729. The fourth-order valence-corrected chi connectivity index (χ4v) is 2.99. The number of carboxylic acid groups (broad SMARTS) is 2. The van der Waals surface area contributed by atoms with Crippen molar-refractivity contribution < 1.29 is 19.8 Å². The molecule has 1 aromatic rings. The zero-order valence-corrected chi connectivity index (χ0v) is 13.1. The number of benzene rings is 1. The lowest BCUT2D eigenvalue weighted by atomic mass is 10.2. The van der Waals surface area contributed by atoms with Gasteiger partial charge in [-0.15, -0.1) is 11.8 Å². The maximum absolute atomic E-state index is 11.0. The molecule has 0 aromatic heterocycles. The molecule has 0 radical (unpaired) electrons. The number of rotatable bonds is 9. The van der Waals surface area contributed by atoms with Gasteiger partial charge in [-0.2, -0.15) is 0 Å². The van der Waals surface area contributed by atoms with Crippen molar-refractivity contribution in [3.63, 3.8) is 0 Å². The van der Waals surface area contributed by atoms with Crippen molar-refractivity contribution in [2.24, 2.45) is 0 Å². The average Bonchev–Trinajstić information content (AvgIpc) is 2.41. The minimum Gasteiger partial charge on any atom is -0.481 e. The molecule has 1 aromatic carbocycles. The predicted molar refractivity (Wildman–Crippen MR) is 85.2 cm³/mol. The first-order chi connectivity index (χ1) is 9.93. The fourth-order valence-electron chi connectivity index (χ4n) is 1.98. The van der Waals surface area contributed by atoms with Crippen molar-refractivity contribution in [2.75, 3.05) is 23.7 Å². The van der Waals surface area contributed by atoms with Crippen LogP contribution in [-0.2, 0) is 9.59 Å². The van der Waals surface area contributed by atoms with Gasteiger partial charge in [0.1, 0.15) is 5.25 Å². The van der Waals surface area contributed by atoms with Crippen molar-refractivity contribution >= 4 is 29.4 Å². The summed E-state index contributed by atoms with van der Waals surface area (Å²) in [6.07, 6.45) is -0.351. The lowest BCUT2D eigenvalue weighted by molar-refractivity contribution is -0.142. The van der Waals surface area contributed by atoms with Crippen LogP contribution in [-0.4, -0.2) is 46.2 Å². The fraction of sp³-hybridized carbons (Fsp3) is 0.467. The molecule has 1 atom stereocenters. The first-order valence-electron chi connectivity index (χ1n) is 6.81. The van der Waals surface area contributed by atoms with Gasteiger partial charge in [0.15, 0.2) is 0 Å². The largest absolute Gasteiger partial charge is 0.481 e. The first-order valence-corrected chi connectivity index (χ1v) is 7.86. The van der Waals surface area contributed by atoms with Crippen LogP contribution >= 0.6 is 11.8 Å². The Kier molecular flexibility index (Phi) is 7.08. The first kappa shape index (κ1) is 17.4. The summed E-state index contributed by atoms with van der Waals surface area (Å²) < 4.78 is 0. The number of thioether (sulfide) groups is 1. The third kappa shape index (κ3) is 6.08. The Bertz CT molecular complexity index is 492. The summed E-state index contributed by atoms with van der Waals surface area (Å²) in [4.78, 5) is 23.8. The molecule has 0 saturated carbocycles. The number of aryl methyl sites for hydroxylation is 1. The van der Waals surface area contributed by atoms with E-state index < -0.39 is 17.2 Å². The molecule has 1 rings (SSSR count). The van der Waals surface area contributed by atoms with Gasteiger partial charge in [-0.3, -0.25) is 9.59 Å². The smallest absolute Gasteiger partial charge is 0.317 e. The maximum Gasteiger partial charge on any atom is 0.317 e. The number of hydrogen-bond acceptors (Lipinski definition) is 4. The number of carbonyl (C=O) groups is 2. The maximum atomic E-state index is 11.0. The van der Waals surface area contributed by atoms with Gasteiger partial charge in [0.05, 0.1) is 6.42 Å². The highest BCUT2D eigenvalue weighted by molar-refractivity contribution is 8.00. The topological polar surface area (TPSA) is 77.8 Å². The van der Waals surface area contributed by atoms with Gasteiger partial charge < -0.3 is 15.1 Å². The Hall–Kier alpha value is -1.69. The summed E-state index contributed by atoms with van der Waals surface area (Å²) in [6.45, 7) is 5.58. The molecule has 0 spiro atoms. The third-order valence-corrected chi connectivity index (χ3v) is 4.25. The van der Waals surface area contributed by atoms with E-state index >= 15 is 0 Å². The van der Waals surface area contributed by atoms with Crippen LogP contribution in [0.2, 0.25) is 0 Å². The van der Waals surface area contributed by atoms with Crippen LogP contribution in [0.25, 0.3) is 0 Å². The molecule has 0 bridgehead atoms. The van der Waals surface area contributed by atoms with Crippen molar-refractivity contribution in [2.45, 2.75) is 25.5 Å². The second-order valence-corrected chi connectivity index (χ2v) is 6.02. The molecule has 5 nitrogen and oxygen atoms in total. The number of hydrogen-bond donors (Lipinski definition) is 2. The Balaban J connectivity index is 2.55. The molecule has 21 heavy (non-hydrogen) atoms. The van der Waals surface area contributed by atoms with Crippen LogP contribution in [0.15, 0.2) is 24.3 Å². The molecule has 1 unspecified atom stereocenters. The normalized spacial score (nSPS) is 11.9. The molecule has 0 aliphatic rings. The van der Waals surface area contributed by atoms with Gasteiger partial charge in [0.25, 0.3) is 0 Å². The van der Waals surface area contributed by atoms with Gasteiger partial charge in [-0.25, -0.2) is 0 Å². The van der Waals surface area contributed by atoms with E-state index in [-0.39, 0.29) is 6.42 Å². The molecule has 0 fully saturated rings. The highest BCUT2D eigenvalue weighted by atomic mass is 32.2. The molecule has 116 valence electrons. The summed E-state index contributed by atoms with van der Waals surface area (Å²) in [5.74, 6) is -1.58. The SMILES string of the molecule is CCN(CCSC(CC(=O)O)C(=O)O)c1cccc(C)c1. The van der Waals surface area contributed by atoms with Crippen LogP contribution in [0.1, 0.15) is 18.9 Å². The van der Waals surface area contributed by atoms with E-state index in [1.165, 1.54) is 17.3 Å². The highest BCUT2D eigenvalue weighted by Gasteiger charge is 2.21. The minimum absolute atomic E-state index is 0.351. The molecular weight excluding hydrogens is 290 g/mol. The third-order valence-electron chi connectivity index (χ3n) is 3.06. The molecular formula is C15H21NO4S. The lowest BCUT2D eigenvalue weighted by Gasteiger charge is -2.24. The molecule has 0 aliphatic heterocycles. The van der Waals surface area contributed by atoms with Gasteiger partial charge in [0.2, 0.25) is 0 Å². The second-order valence-electron chi connectivity index (χ2n) is 4.71. The lowest BCUT2D eigenvalue weighted by Crippen LogP contribution is -2.27. The summed E-state index contributed by atoms with van der Waals surface area (Å²) in [7, 11) is 0. The standard InChI is InChI=1S/C15H21NO4S/c1-3-16(12-6-4-5-11(2)9-12)7-8-21-13(15(19)20)10-14(17)18/h4-6,9,13H,3,7-8,10H2,1-2H3,(H,17,18)(H,19,20). The minimum atomic E-state index is -1.08. The molecule has 0 aliphatic carbocycles. The number of aliphatic carboxylic acids is 2. The van der Waals surface area contributed by atoms with Crippen LogP contribution in [0.4, 0.5) is 5.69 Å². The highest BCUT2D eigenvalue weighted by Crippen LogP contribution is 2.19. The molecule has 6 heteroatoms. The Labute approximate surface area is 129 Å². The van der Waals surface area contributed by atoms with Crippen molar-refractivity contribution in [3.8, 4) is 0 Å². The molecule has 2 N–H and O–H groups in total. The van der Waals surface area contributed by atoms with E-state index in [1.54, 1.807) is 0 Å². The van der Waals surface area contributed by atoms with E-state index in [0.29, 0.717) is 12.3 Å². The zero-order valence-electron chi connectivity index (χ0n) is 12.3. The van der Waals surface area contributed by atoms with Crippen LogP contribution < -0.4 is 4.90 Å². The van der Waals surface area contributed by atoms with Gasteiger partial charge in [0, 0.05) is 24.5 Å². The van der Waals surface area contributed by atoms with Crippen LogP contribution in [0.5, 0.6) is 0 Å².